The van der Waals surface area contributed by atoms with E-state index >= 15 is 0 Å². The largest absolute Gasteiger partial charge is 0.488 e. The predicted molar refractivity (Wildman–Crippen MR) is 157 cm³/mol. The molecule has 3 aromatic carbocycles. The van der Waals surface area contributed by atoms with E-state index in [0.29, 0.717) is 35.1 Å². The number of halogens is 1. The average Bonchev–Trinajstić information content (AvgIpc) is 3.23. The van der Waals surface area contributed by atoms with E-state index in [-0.39, 0.29) is 40.1 Å². The van der Waals surface area contributed by atoms with Crippen molar-refractivity contribution in [3.05, 3.63) is 103 Å². The predicted octanol–water partition coefficient (Wildman–Crippen LogP) is 6.07. The van der Waals surface area contributed by atoms with Crippen LogP contribution in [0.15, 0.2) is 71.6 Å². The van der Waals surface area contributed by atoms with Gasteiger partial charge >= 0.3 is 5.97 Å². The van der Waals surface area contributed by atoms with Gasteiger partial charge in [-0.15, -0.1) is 0 Å². The monoisotopic (exact) mass is 609 g/mol. The Balaban J connectivity index is 1.41. The molecular formula is C29H24ClN3O8S. The highest BCUT2D eigenvalue weighted by Crippen LogP contribution is 2.34. The maximum absolute atomic E-state index is 13.0. The summed E-state index contributed by atoms with van der Waals surface area (Å²) in [5.74, 6) is -1.51. The third-order valence-electron chi connectivity index (χ3n) is 5.83. The van der Waals surface area contributed by atoms with E-state index in [1.165, 1.54) is 36.4 Å². The molecule has 1 aliphatic heterocycles. The lowest BCUT2D eigenvalue weighted by atomic mass is 10.1. The second kappa shape index (κ2) is 13.8. The first-order valence-corrected chi connectivity index (χ1v) is 13.8. The van der Waals surface area contributed by atoms with E-state index in [1.807, 2.05) is 6.92 Å². The van der Waals surface area contributed by atoms with Gasteiger partial charge < -0.3 is 14.8 Å². The van der Waals surface area contributed by atoms with Gasteiger partial charge in [0.2, 0.25) is 5.91 Å². The maximum atomic E-state index is 13.0. The van der Waals surface area contributed by atoms with Gasteiger partial charge in [0, 0.05) is 23.4 Å². The van der Waals surface area contributed by atoms with E-state index in [2.05, 4.69) is 5.32 Å². The average molecular weight is 610 g/mol. The fourth-order valence-electron chi connectivity index (χ4n) is 3.76. The number of nitrogens with one attached hydrogen (secondary N) is 1. The highest BCUT2D eigenvalue weighted by Gasteiger charge is 2.36. The summed E-state index contributed by atoms with van der Waals surface area (Å²) >= 11 is 6.78. The van der Waals surface area contributed by atoms with E-state index < -0.39 is 34.5 Å². The lowest BCUT2D eigenvalue weighted by molar-refractivity contribution is -0.384. The number of hydrogen-bond acceptors (Lipinski definition) is 9. The molecule has 0 aliphatic carbocycles. The van der Waals surface area contributed by atoms with Crippen LogP contribution >= 0.6 is 23.4 Å². The molecule has 0 aromatic heterocycles. The zero-order valence-corrected chi connectivity index (χ0v) is 23.8. The highest BCUT2D eigenvalue weighted by molar-refractivity contribution is 8.18. The molecule has 4 rings (SSSR count). The fourth-order valence-corrected chi connectivity index (χ4v) is 4.78. The van der Waals surface area contributed by atoms with Crippen molar-refractivity contribution in [2.45, 2.75) is 20.0 Å². The molecule has 1 aliphatic rings. The molecule has 3 amide bonds. The maximum Gasteiger partial charge on any atom is 0.339 e. The fraction of sp³-hybridized carbons (Fsp3) is 0.172. The Morgan fingerprint density at radius 3 is 2.55 bits per heavy atom. The Hall–Kier alpha value is -4.68. The minimum atomic E-state index is -0.652. The van der Waals surface area contributed by atoms with Crippen molar-refractivity contribution in [2.24, 2.45) is 0 Å². The van der Waals surface area contributed by atoms with Gasteiger partial charge in [-0.25, -0.2) is 4.79 Å². The summed E-state index contributed by atoms with van der Waals surface area (Å²) in [4.78, 5) is 61.9. The quantitative estimate of drug-likeness (QED) is 0.118. The molecule has 0 saturated carbocycles. The number of imide groups is 1. The third-order valence-corrected chi connectivity index (χ3v) is 7.07. The summed E-state index contributed by atoms with van der Waals surface area (Å²) in [6, 6.07) is 17.1. The van der Waals surface area contributed by atoms with Gasteiger partial charge in [-0.2, -0.15) is 0 Å². The third kappa shape index (κ3) is 7.53. The van der Waals surface area contributed by atoms with Crippen molar-refractivity contribution >= 4 is 63.8 Å². The molecule has 1 N–H and O–H groups in total. The minimum Gasteiger partial charge on any atom is -0.488 e. The molecule has 1 saturated heterocycles. The number of thioether (sulfide) groups is 1. The molecule has 3 aromatic rings. The topological polar surface area (TPSA) is 145 Å². The number of esters is 1. The van der Waals surface area contributed by atoms with E-state index in [4.69, 9.17) is 21.1 Å². The first kappa shape index (κ1) is 30.3. The number of benzene rings is 3. The van der Waals surface area contributed by atoms with Crippen molar-refractivity contribution in [1.29, 1.82) is 0 Å². The van der Waals surface area contributed by atoms with Crippen LogP contribution in [0, 0.1) is 10.1 Å². The summed E-state index contributed by atoms with van der Waals surface area (Å²) in [6.45, 7) is 1.64. The summed E-state index contributed by atoms with van der Waals surface area (Å²) in [5, 5.41) is 13.0. The van der Waals surface area contributed by atoms with Crippen LogP contribution in [0.1, 0.15) is 34.8 Å². The van der Waals surface area contributed by atoms with Crippen LogP contribution in [0.5, 0.6) is 5.75 Å². The number of ether oxygens (including phenoxy) is 2. The number of non-ortho nitro benzene ring substituents is 1. The second-order valence-corrected chi connectivity index (χ2v) is 10.3. The van der Waals surface area contributed by atoms with Crippen molar-refractivity contribution in [3.63, 3.8) is 0 Å². The van der Waals surface area contributed by atoms with Crippen LogP contribution in [0.25, 0.3) is 6.08 Å². The van der Waals surface area contributed by atoms with Crippen LogP contribution in [0.4, 0.5) is 16.2 Å². The molecule has 0 atom stereocenters. The molecule has 0 unspecified atom stereocenters. The van der Waals surface area contributed by atoms with Crippen LogP contribution in [0.3, 0.4) is 0 Å². The lowest BCUT2D eigenvalue weighted by Crippen LogP contribution is -2.36. The van der Waals surface area contributed by atoms with Gasteiger partial charge in [0.1, 0.15) is 18.9 Å². The molecule has 1 fully saturated rings. The second-order valence-electron chi connectivity index (χ2n) is 8.90. The van der Waals surface area contributed by atoms with E-state index in [1.54, 1.807) is 36.4 Å². The van der Waals surface area contributed by atoms with Crippen LogP contribution in [-0.2, 0) is 20.9 Å². The summed E-state index contributed by atoms with van der Waals surface area (Å²) < 4.78 is 11.0. The number of anilines is 1. The first-order chi connectivity index (χ1) is 20.2. The van der Waals surface area contributed by atoms with Crippen molar-refractivity contribution < 1.29 is 33.6 Å². The molecule has 13 heteroatoms. The number of carbonyl (C=O) groups excluding carboxylic acids is 4. The molecule has 1 heterocycles. The Morgan fingerprint density at radius 1 is 1.10 bits per heavy atom. The number of carbonyl (C=O) groups is 4. The molecule has 0 spiro atoms. The van der Waals surface area contributed by atoms with Crippen molar-refractivity contribution in [2.75, 3.05) is 18.5 Å². The molecule has 11 nitrogen and oxygen atoms in total. The van der Waals surface area contributed by atoms with E-state index in [0.717, 1.165) is 4.90 Å². The minimum absolute atomic E-state index is 0.0337. The Kier molecular flexibility index (Phi) is 9.94. The Labute approximate surface area is 249 Å². The number of nitro groups is 1. The number of amides is 3. The normalized spacial score (nSPS) is 13.8. The summed E-state index contributed by atoms with van der Waals surface area (Å²) in [6.07, 6.45) is 2.13. The number of nitrogens with zero attached hydrogens (tertiary/aromatic N) is 2. The zero-order valence-electron chi connectivity index (χ0n) is 22.2. The first-order valence-electron chi connectivity index (χ1n) is 12.6. The van der Waals surface area contributed by atoms with Gasteiger partial charge in [-0.1, -0.05) is 36.7 Å². The van der Waals surface area contributed by atoms with E-state index in [9.17, 15) is 29.3 Å². The molecule has 0 bridgehead atoms. The van der Waals surface area contributed by atoms with Gasteiger partial charge in [0.25, 0.3) is 16.8 Å². The van der Waals surface area contributed by atoms with Crippen LogP contribution < -0.4 is 10.1 Å². The number of nitro benzene ring substituents is 1. The number of para-hydroxylation sites is 1. The summed E-state index contributed by atoms with van der Waals surface area (Å²) in [7, 11) is 0. The van der Waals surface area contributed by atoms with Gasteiger partial charge in [-0.3, -0.25) is 29.4 Å². The van der Waals surface area contributed by atoms with Crippen molar-refractivity contribution in [1.82, 2.24) is 4.90 Å². The van der Waals surface area contributed by atoms with Crippen LogP contribution in [0.2, 0.25) is 5.02 Å². The molecule has 0 radical (unpaired) electrons. The smallest absolute Gasteiger partial charge is 0.339 e. The van der Waals surface area contributed by atoms with Gasteiger partial charge in [-0.05, 0) is 66.2 Å². The number of rotatable bonds is 11. The van der Waals surface area contributed by atoms with Crippen molar-refractivity contribution in [3.8, 4) is 5.75 Å². The van der Waals surface area contributed by atoms with Gasteiger partial charge in [0.05, 0.1) is 27.0 Å². The van der Waals surface area contributed by atoms with Crippen LogP contribution in [-0.4, -0.2) is 46.0 Å². The Bertz CT molecular complexity index is 1580. The number of hydrogen-bond donors (Lipinski definition) is 1. The SMILES string of the molecule is CCCOC(=O)c1cc(NC(=O)CN2C(=O)S/C(=C\c3ccccc3OCc3ccc([N+](=O)[O-])cc3)C2=O)ccc1Cl. The zero-order chi connectivity index (χ0) is 30.2. The molecular weight excluding hydrogens is 586 g/mol. The summed E-state index contributed by atoms with van der Waals surface area (Å²) in [5.41, 5.74) is 1.51. The lowest BCUT2D eigenvalue weighted by Gasteiger charge is -2.13. The highest BCUT2D eigenvalue weighted by atomic mass is 35.5. The molecule has 216 valence electrons. The standard InChI is InChI=1S/C29H24ClN3O8S/c1-2-13-40-28(36)22-15-20(9-12-23(22)30)31-26(34)16-32-27(35)25(42-29(32)37)14-19-5-3-4-6-24(19)41-17-18-7-10-21(11-8-18)33(38)39/h3-12,14-15H,2,13,16-17H2,1H3,(H,31,34)/b25-14-. The molecule has 42 heavy (non-hydrogen) atoms. The van der Waals surface area contributed by atoms with Gasteiger partial charge in [0.15, 0.2) is 0 Å². The Morgan fingerprint density at radius 2 is 1.83 bits per heavy atom.